The standard InChI is InChI=1S/C15H16N2O2S/c18-15(13-10-19-7-6-16-13)17-12-4-1-3-11(9-12)14-5-2-8-20-14/h1-5,8-9,13,16H,6-7,10H2,(H,17,18). The van der Waals surface area contributed by atoms with E-state index < -0.39 is 0 Å². The number of hydrogen-bond donors (Lipinski definition) is 2. The molecule has 4 nitrogen and oxygen atoms in total. The molecule has 0 saturated carbocycles. The number of amides is 1. The fourth-order valence-corrected chi connectivity index (χ4v) is 2.88. The van der Waals surface area contributed by atoms with Gasteiger partial charge in [0.05, 0.1) is 13.2 Å². The zero-order valence-electron chi connectivity index (χ0n) is 11.0. The molecule has 2 N–H and O–H groups in total. The third-order valence-corrected chi connectivity index (χ3v) is 4.09. The van der Waals surface area contributed by atoms with Crippen LogP contribution in [0.25, 0.3) is 10.4 Å². The quantitative estimate of drug-likeness (QED) is 0.911. The SMILES string of the molecule is O=C(Nc1cccc(-c2cccs2)c1)C1COCCN1. The van der Waals surface area contributed by atoms with Crippen LogP contribution in [0.5, 0.6) is 0 Å². The number of ether oxygens (including phenoxy) is 1. The molecule has 1 atom stereocenters. The average Bonchev–Trinajstić information content (AvgIpc) is 3.03. The van der Waals surface area contributed by atoms with E-state index in [0.29, 0.717) is 19.8 Å². The molecule has 0 aliphatic carbocycles. The Hall–Kier alpha value is -1.69. The summed E-state index contributed by atoms with van der Waals surface area (Å²) in [6.45, 7) is 1.81. The summed E-state index contributed by atoms with van der Waals surface area (Å²) in [5, 5.41) is 8.13. The molecule has 2 heterocycles. The Morgan fingerprint density at radius 2 is 2.30 bits per heavy atom. The molecule has 1 aliphatic heterocycles. The summed E-state index contributed by atoms with van der Waals surface area (Å²) in [4.78, 5) is 13.3. The number of nitrogens with one attached hydrogen (secondary N) is 2. The van der Waals surface area contributed by atoms with Gasteiger partial charge in [0.25, 0.3) is 0 Å². The van der Waals surface area contributed by atoms with Gasteiger partial charge in [0, 0.05) is 17.1 Å². The van der Waals surface area contributed by atoms with Crippen LogP contribution in [-0.4, -0.2) is 31.7 Å². The number of carbonyl (C=O) groups excluding carboxylic acids is 1. The van der Waals surface area contributed by atoms with Crippen molar-refractivity contribution in [2.45, 2.75) is 6.04 Å². The van der Waals surface area contributed by atoms with Crippen molar-refractivity contribution in [3.05, 3.63) is 41.8 Å². The number of anilines is 1. The Morgan fingerprint density at radius 1 is 1.35 bits per heavy atom. The minimum Gasteiger partial charge on any atom is -0.378 e. The predicted octanol–water partition coefficient (Wildman–Crippen LogP) is 2.34. The molecule has 2 aromatic rings. The van der Waals surface area contributed by atoms with Gasteiger partial charge < -0.3 is 15.4 Å². The Balaban J connectivity index is 1.71. The maximum atomic E-state index is 12.1. The van der Waals surface area contributed by atoms with Gasteiger partial charge in [-0.1, -0.05) is 18.2 Å². The van der Waals surface area contributed by atoms with Gasteiger partial charge in [-0.25, -0.2) is 0 Å². The molecule has 1 fully saturated rings. The second-order valence-corrected chi connectivity index (χ2v) is 5.58. The highest BCUT2D eigenvalue weighted by Gasteiger charge is 2.21. The Morgan fingerprint density at radius 3 is 3.05 bits per heavy atom. The van der Waals surface area contributed by atoms with Crippen molar-refractivity contribution in [3.63, 3.8) is 0 Å². The first-order chi connectivity index (χ1) is 9.83. The molecule has 1 aliphatic rings. The number of thiophene rings is 1. The molecule has 20 heavy (non-hydrogen) atoms. The Kier molecular flexibility index (Phi) is 4.11. The van der Waals surface area contributed by atoms with Crippen LogP contribution in [-0.2, 0) is 9.53 Å². The minimum atomic E-state index is -0.269. The van der Waals surface area contributed by atoms with Gasteiger partial charge in [0.15, 0.2) is 0 Å². The van der Waals surface area contributed by atoms with E-state index in [0.717, 1.165) is 11.3 Å². The van der Waals surface area contributed by atoms with Crippen molar-refractivity contribution in [1.29, 1.82) is 0 Å². The van der Waals surface area contributed by atoms with E-state index in [9.17, 15) is 4.79 Å². The van der Waals surface area contributed by atoms with Crippen molar-refractivity contribution >= 4 is 22.9 Å². The molecular weight excluding hydrogens is 272 g/mol. The molecule has 5 heteroatoms. The topological polar surface area (TPSA) is 50.4 Å². The van der Waals surface area contributed by atoms with E-state index in [1.165, 1.54) is 4.88 Å². The smallest absolute Gasteiger partial charge is 0.243 e. The van der Waals surface area contributed by atoms with Crippen molar-refractivity contribution in [2.24, 2.45) is 0 Å². The molecule has 3 rings (SSSR count). The van der Waals surface area contributed by atoms with Crippen LogP contribution in [0.15, 0.2) is 41.8 Å². The van der Waals surface area contributed by atoms with E-state index in [1.54, 1.807) is 11.3 Å². The van der Waals surface area contributed by atoms with Crippen LogP contribution in [0.4, 0.5) is 5.69 Å². The maximum Gasteiger partial charge on any atom is 0.243 e. The zero-order chi connectivity index (χ0) is 13.8. The molecule has 104 valence electrons. The molecule has 1 amide bonds. The molecule has 0 bridgehead atoms. The van der Waals surface area contributed by atoms with Crippen molar-refractivity contribution < 1.29 is 9.53 Å². The van der Waals surface area contributed by atoms with Crippen LogP contribution in [0.2, 0.25) is 0 Å². The third kappa shape index (κ3) is 3.07. The summed E-state index contributed by atoms with van der Waals surface area (Å²) in [6, 6.07) is 11.7. The molecule has 1 unspecified atom stereocenters. The van der Waals surface area contributed by atoms with Gasteiger partial charge in [-0.05, 0) is 29.1 Å². The number of hydrogen-bond acceptors (Lipinski definition) is 4. The van der Waals surface area contributed by atoms with Crippen LogP contribution in [0.3, 0.4) is 0 Å². The summed E-state index contributed by atoms with van der Waals surface area (Å²) in [5.41, 5.74) is 1.93. The van der Waals surface area contributed by atoms with Gasteiger partial charge >= 0.3 is 0 Å². The van der Waals surface area contributed by atoms with Gasteiger partial charge in [-0.2, -0.15) is 0 Å². The lowest BCUT2D eigenvalue weighted by Gasteiger charge is -2.22. The van der Waals surface area contributed by atoms with Gasteiger partial charge in [0.1, 0.15) is 6.04 Å². The summed E-state index contributed by atoms with van der Waals surface area (Å²) in [5.74, 6) is -0.0481. The molecule has 1 aromatic heterocycles. The first kappa shape index (κ1) is 13.3. The summed E-state index contributed by atoms with van der Waals surface area (Å²) >= 11 is 1.69. The van der Waals surface area contributed by atoms with E-state index in [2.05, 4.69) is 16.7 Å². The average molecular weight is 288 g/mol. The molecule has 0 spiro atoms. The third-order valence-electron chi connectivity index (χ3n) is 3.17. The zero-order valence-corrected chi connectivity index (χ0v) is 11.8. The normalized spacial score (nSPS) is 18.7. The summed E-state index contributed by atoms with van der Waals surface area (Å²) in [6.07, 6.45) is 0. The predicted molar refractivity (Wildman–Crippen MR) is 81.0 cm³/mol. The summed E-state index contributed by atoms with van der Waals surface area (Å²) in [7, 11) is 0. The van der Waals surface area contributed by atoms with E-state index in [-0.39, 0.29) is 11.9 Å². The van der Waals surface area contributed by atoms with E-state index >= 15 is 0 Å². The van der Waals surface area contributed by atoms with E-state index in [4.69, 9.17) is 4.74 Å². The van der Waals surface area contributed by atoms with Crippen molar-refractivity contribution in [3.8, 4) is 10.4 Å². The number of morpholine rings is 1. The first-order valence-corrected chi connectivity index (χ1v) is 7.47. The highest BCUT2D eigenvalue weighted by atomic mass is 32.1. The van der Waals surface area contributed by atoms with Gasteiger partial charge in [0.2, 0.25) is 5.91 Å². The summed E-state index contributed by atoms with van der Waals surface area (Å²) < 4.78 is 5.30. The molecule has 0 radical (unpaired) electrons. The van der Waals surface area contributed by atoms with Gasteiger partial charge in [-0.15, -0.1) is 11.3 Å². The number of benzene rings is 1. The fourth-order valence-electron chi connectivity index (χ4n) is 2.16. The second kappa shape index (κ2) is 6.17. The molecule has 1 aromatic carbocycles. The van der Waals surface area contributed by atoms with E-state index in [1.807, 2.05) is 35.7 Å². The van der Waals surface area contributed by atoms with Crippen LogP contribution in [0, 0.1) is 0 Å². The second-order valence-electron chi connectivity index (χ2n) is 4.63. The maximum absolute atomic E-state index is 12.1. The van der Waals surface area contributed by atoms with Crippen LogP contribution in [0.1, 0.15) is 0 Å². The van der Waals surface area contributed by atoms with Gasteiger partial charge in [-0.3, -0.25) is 4.79 Å². The first-order valence-electron chi connectivity index (χ1n) is 6.59. The Bertz CT molecular complexity index is 577. The lowest BCUT2D eigenvalue weighted by Crippen LogP contribution is -2.48. The lowest BCUT2D eigenvalue weighted by molar-refractivity contribution is -0.120. The monoisotopic (exact) mass is 288 g/mol. The van der Waals surface area contributed by atoms with Crippen LogP contribution >= 0.6 is 11.3 Å². The molecule has 1 saturated heterocycles. The highest BCUT2D eigenvalue weighted by Crippen LogP contribution is 2.26. The van der Waals surface area contributed by atoms with Crippen LogP contribution < -0.4 is 10.6 Å². The molecular formula is C15H16N2O2S. The Labute approximate surface area is 121 Å². The largest absolute Gasteiger partial charge is 0.378 e. The van der Waals surface area contributed by atoms with Crippen molar-refractivity contribution in [1.82, 2.24) is 5.32 Å². The fraction of sp³-hybridized carbons (Fsp3) is 0.267. The number of carbonyl (C=O) groups is 1. The lowest BCUT2D eigenvalue weighted by atomic mass is 10.1. The number of rotatable bonds is 3. The van der Waals surface area contributed by atoms with Crippen molar-refractivity contribution in [2.75, 3.05) is 25.1 Å². The minimum absolute atomic E-state index is 0.0481. The highest BCUT2D eigenvalue weighted by molar-refractivity contribution is 7.13.